The minimum atomic E-state index is -0.740. The fourth-order valence-corrected chi connectivity index (χ4v) is 3.52. The van der Waals surface area contributed by atoms with E-state index in [0.717, 1.165) is 17.1 Å². The molecule has 7 heteroatoms. The van der Waals surface area contributed by atoms with Gasteiger partial charge in [-0.15, -0.1) is 0 Å². The van der Waals surface area contributed by atoms with Gasteiger partial charge < -0.3 is 25.2 Å². The number of hydrogen-bond acceptors (Lipinski definition) is 4. The summed E-state index contributed by atoms with van der Waals surface area (Å²) in [5, 5.41) is 15.0. The van der Waals surface area contributed by atoms with E-state index in [1.54, 1.807) is 7.11 Å². The van der Waals surface area contributed by atoms with Gasteiger partial charge in [-0.3, -0.25) is 4.79 Å². The molecule has 0 spiro atoms. The van der Waals surface area contributed by atoms with E-state index in [0.29, 0.717) is 38.7 Å². The summed E-state index contributed by atoms with van der Waals surface area (Å²) in [5.41, 5.74) is 0.912. The Bertz CT molecular complexity index is 640. The van der Waals surface area contributed by atoms with Crippen molar-refractivity contribution < 1.29 is 24.2 Å². The largest absolute Gasteiger partial charge is 0.497 e. The van der Waals surface area contributed by atoms with Crippen LogP contribution in [0.2, 0.25) is 0 Å². The molecule has 136 valence electrons. The Morgan fingerprint density at radius 1 is 1.16 bits per heavy atom. The van der Waals surface area contributed by atoms with E-state index < -0.39 is 5.97 Å². The van der Waals surface area contributed by atoms with Crippen LogP contribution in [0, 0.1) is 5.92 Å². The number of amides is 2. The number of carbonyl (C=O) groups excluding carboxylic acids is 1. The molecule has 25 heavy (non-hydrogen) atoms. The van der Waals surface area contributed by atoms with Crippen LogP contribution in [0.3, 0.4) is 0 Å². The van der Waals surface area contributed by atoms with Gasteiger partial charge in [-0.2, -0.15) is 0 Å². The molecule has 1 heterocycles. The summed E-state index contributed by atoms with van der Waals surface area (Å²) in [6.45, 7) is 0.550. The van der Waals surface area contributed by atoms with Crippen LogP contribution in [0.25, 0.3) is 0 Å². The molecule has 0 unspecified atom stereocenters. The van der Waals surface area contributed by atoms with E-state index in [-0.39, 0.29) is 24.0 Å². The van der Waals surface area contributed by atoms with Crippen LogP contribution >= 0.6 is 0 Å². The summed E-state index contributed by atoms with van der Waals surface area (Å²) in [6.07, 6.45) is 3.31. The second-order valence-electron chi connectivity index (χ2n) is 6.60. The smallest absolute Gasteiger partial charge is 0.315 e. The van der Waals surface area contributed by atoms with Crippen LogP contribution in [0.5, 0.6) is 11.5 Å². The zero-order valence-electron chi connectivity index (χ0n) is 14.3. The average molecular weight is 348 g/mol. The van der Waals surface area contributed by atoms with Crippen molar-refractivity contribution in [2.75, 3.05) is 13.7 Å². The first-order valence-electron chi connectivity index (χ1n) is 8.67. The fourth-order valence-electron chi connectivity index (χ4n) is 3.52. The van der Waals surface area contributed by atoms with Gasteiger partial charge in [0.25, 0.3) is 0 Å². The Labute approximate surface area is 146 Å². The third-order valence-corrected chi connectivity index (χ3v) is 4.97. The van der Waals surface area contributed by atoms with E-state index in [2.05, 4.69) is 10.6 Å². The van der Waals surface area contributed by atoms with Crippen molar-refractivity contribution >= 4 is 12.0 Å². The summed E-state index contributed by atoms with van der Waals surface area (Å²) >= 11 is 0. The Kier molecular flexibility index (Phi) is 5.31. The molecule has 2 amide bonds. The predicted octanol–water partition coefficient (Wildman–Crippen LogP) is 2.46. The SMILES string of the molecule is COc1ccc2c(c1)[C@@H](NC(=O)NC1CCC(C(=O)O)CC1)CCO2. The summed E-state index contributed by atoms with van der Waals surface area (Å²) in [6, 6.07) is 5.25. The van der Waals surface area contributed by atoms with Gasteiger partial charge >= 0.3 is 12.0 Å². The number of ether oxygens (including phenoxy) is 2. The van der Waals surface area contributed by atoms with E-state index in [4.69, 9.17) is 14.6 Å². The fraction of sp³-hybridized carbons (Fsp3) is 0.556. The molecule has 0 aromatic heterocycles. The molecule has 7 nitrogen and oxygen atoms in total. The van der Waals surface area contributed by atoms with Crippen molar-refractivity contribution in [3.8, 4) is 11.5 Å². The first-order valence-corrected chi connectivity index (χ1v) is 8.67. The number of nitrogens with one attached hydrogen (secondary N) is 2. The summed E-state index contributed by atoms with van der Waals surface area (Å²) < 4.78 is 10.9. The van der Waals surface area contributed by atoms with Gasteiger partial charge in [-0.05, 0) is 43.9 Å². The lowest BCUT2D eigenvalue weighted by molar-refractivity contribution is -0.142. The van der Waals surface area contributed by atoms with Crippen molar-refractivity contribution in [3.05, 3.63) is 23.8 Å². The zero-order chi connectivity index (χ0) is 17.8. The number of hydrogen-bond donors (Lipinski definition) is 3. The van der Waals surface area contributed by atoms with Crippen LogP contribution in [-0.2, 0) is 4.79 Å². The molecule has 3 rings (SSSR count). The number of benzene rings is 1. The van der Waals surface area contributed by atoms with Gasteiger partial charge in [0.1, 0.15) is 11.5 Å². The van der Waals surface area contributed by atoms with Crippen molar-refractivity contribution in [2.24, 2.45) is 5.92 Å². The number of rotatable bonds is 4. The highest BCUT2D eigenvalue weighted by atomic mass is 16.5. The van der Waals surface area contributed by atoms with Crippen molar-refractivity contribution in [3.63, 3.8) is 0 Å². The minimum Gasteiger partial charge on any atom is -0.497 e. The Hall–Kier alpha value is -2.44. The van der Waals surface area contributed by atoms with Gasteiger partial charge in [-0.25, -0.2) is 4.79 Å². The molecular formula is C18H24N2O5. The van der Waals surface area contributed by atoms with E-state index in [9.17, 15) is 9.59 Å². The lowest BCUT2D eigenvalue weighted by atomic mass is 9.86. The molecule has 0 radical (unpaired) electrons. The third kappa shape index (κ3) is 4.15. The molecule has 1 aliphatic carbocycles. The molecule has 1 aliphatic heterocycles. The van der Waals surface area contributed by atoms with Crippen LogP contribution in [0.15, 0.2) is 18.2 Å². The van der Waals surface area contributed by atoms with Crippen LogP contribution < -0.4 is 20.1 Å². The quantitative estimate of drug-likeness (QED) is 0.777. The van der Waals surface area contributed by atoms with Crippen molar-refractivity contribution in [1.29, 1.82) is 0 Å². The van der Waals surface area contributed by atoms with E-state index in [1.807, 2.05) is 18.2 Å². The number of aliphatic carboxylic acids is 1. The van der Waals surface area contributed by atoms with Gasteiger partial charge in [0, 0.05) is 18.0 Å². The minimum absolute atomic E-state index is 0.0280. The molecule has 1 fully saturated rings. The highest BCUT2D eigenvalue weighted by Crippen LogP contribution is 2.34. The highest BCUT2D eigenvalue weighted by Gasteiger charge is 2.28. The molecule has 1 aromatic carbocycles. The predicted molar refractivity (Wildman–Crippen MR) is 90.9 cm³/mol. The highest BCUT2D eigenvalue weighted by molar-refractivity contribution is 5.75. The lowest BCUT2D eigenvalue weighted by Crippen LogP contribution is -2.45. The third-order valence-electron chi connectivity index (χ3n) is 4.97. The normalized spacial score (nSPS) is 25.2. The Balaban J connectivity index is 1.57. The standard InChI is InChI=1S/C18H24N2O5/c1-24-13-6-7-16-14(10-13)15(8-9-25-16)20-18(23)19-12-4-2-11(3-5-12)17(21)22/h6-7,10-12,15H,2-5,8-9H2,1H3,(H,21,22)(H2,19,20,23)/t11?,12?,15-/m0/s1. The summed E-state index contributed by atoms with van der Waals surface area (Å²) in [5.74, 6) is 0.467. The Morgan fingerprint density at radius 3 is 2.60 bits per heavy atom. The maximum Gasteiger partial charge on any atom is 0.315 e. The average Bonchev–Trinajstić information content (AvgIpc) is 2.62. The van der Waals surface area contributed by atoms with Gasteiger partial charge in [0.05, 0.1) is 25.7 Å². The van der Waals surface area contributed by atoms with Crippen LogP contribution in [-0.4, -0.2) is 36.9 Å². The molecular weight excluding hydrogens is 324 g/mol. The van der Waals surface area contributed by atoms with E-state index >= 15 is 0 Å². The number of urea groups is 1. The zero-order valence-corrected chi connectivity index (χ0v) is 14.3. The van der Waals surface area contributed by atoms with Gasteiger partial charge in [-0.1, -0.05) is 0 Å². The first kappa shape index (κ1) is 17.4. The molecule has 1 aromatic rings. The molecule has 0 saturated heterocycles. The van der Waals surface area contributed by atoms with Gasteiger partial charge in [0.2, 0.25) is 0 Å². The maximum absolute atomic E-state index is 12.3. The molecule has 0 bridgehead atoms. The second-order valence-corrected chi connectivity index (χ2v) is 6.60. The number of carboxylic acid groups (broad SMARTS) is 1. The molecule has 3 N–H and O–H groups in total. The monoisotopic (exact) mass is 348 g/mol. The lowest BCUT2D eigenvalue weighted by Gasteiger charge is -2.30. The molecule has 1 atom stereocenters. The van der Waals surface area contributed by atoms with Crippen LogP contribution in [0.4, 0.5) is 4.79 Å². The van der Waals surface area contributed by atoms with Crippen molar-refractivity contribution in [2.45, 2.75) is 44.2 Å². The number of carboxylic acids is 1. The molecule has 1 saturated carbocycles. The molecule has 2 aliphatic rings. The van der Waals surface area contributed by atoms with Gasteiger partial charge in [0.15, 0.2) is 0 Å². The van der Waals surface area contributed by atoms with E-state index in [1.165, 1.54) is 0 Å². The number of methoxy groups -OCH3 is 1. The number of carbonyl (C=O) groups is 2. The number of fused-ring (bicyclic) bond motifs is 1. The maximum atomic E-state index is 12.3. The van der Waals surface area contributed by atoms with Crippen LogP contribution in [0.1, 0.15) is 43.7 Å². The summed E-state index contributed by atoms with van der Waals surface area (Å²) in [4.78, 5) is 23.3. The first-order chi connectivity index (χ1) is 12.1. The van der Waals surface area contributed by atoms with Crippen molar-refractivity contribution in [1.82, 2.24) is 10.6 Å². The summed E-state index contributed by atoms with van der Waals surface area (Å²) in [7, 11) is 1.61. The second kappa shape index (κ2) is 7.63. The topological polar surface area (TPSA) is 96.9 Å². The Morgan fingerprint density at radius 2 is 1.92 bits per heavy atom.